The predicted octanol–water partition coefficient (Wildman–Crippen LogP) is 4.10. The molecule has 1 atom stereocenters. The number of nitrogens with zero attached hydrogens (tertiary/aromatic N) is 1. The number of thiazole rings is 1. The zero-order chi connectivity index (χ0) is 18.7. The van der Waals surface area contributed by atoms with Gasteiger partial charge in [0.05, 0.1) is 6.61 Å². The van der Waals surface area contributed by atoms with Crippen molar-refractivity contribution < 1.29 is 14.9 Å². The van der Waals surface area contributed by atoms with Crippen molar-refractivity contribution in [1.29, 1.82) is 0 Å². The van der Waals surface area contributed by atoms with Crippen LogP contribution in [-0.2, 0) is 12.2 Å². The molecule has 4 rings (SSSR count). The second-order valence-corrected chi connectivity index (χ2v) is 7.25. The number of aliphatic hydroxyl groups is 2. The zero-order valence-corrected chi connectivity index (χ0v) is 15.4. The Morgan fingerprint density at radius 1 is 0.963 bits per heavy atom. The van der Waals surface area contributed by atoms with Gasteiger partial charge in [0.15, 0.2) is 5.60 Å². The summed E-state index contributed by atoms with van der Waals surface area (Å²) >= 11 is 1.30. The standard InChI is InChI=1S/C22H19NO3S/c24-15-22(25,21-23-10-11-27-21)19-6-3-7-20(13-19)26-14-16-8-9-17-4-1-2-5-18(17)12-16/h1-13,24-25H,14-15H2. The minimum Gasteiger partial charge on any atom is -0.489 e. The summed E-state index contributed by atoms with van der Waals surface area (Å²) in [5.74, 6) is 0.629. The highest BCUT2D eigenvalue weighted by molar-refractivity contribution is 7.09. The average molecular weight is 377 g/mol. The lowest BCUT2D eigenvalue weighted by molar-refractivity contribution is 0.0169. The Kier molecular flexibility index (Phi) is 4.90. The fraction of sp³-hybridized carbons (Fsp3) is 0.136. The van der Waals surface area contributed by atoms with Crippen molar-refractivity contribution in [2.24, 2.45) is 0 Å². The summed E-state index contributed by atoms with van der Waals surface area (Å²) < 4.78 is 5.93. The number of hydrogen-bond acceptors (Lipinski definition) is 5. The average Bonchev–Trinajstić information content (AvgIpc) is 3.27. The molecule has 1 unspecified atom stereocenters. The molecule has 0 aliphatic rings. The first-order valence-corrected chi connectivity index (χ1v) is 9.51. The number of fused-ring (bicyclic) bond motifs is 1. The Morgan fingerprint density at radius 3 is 2.59 bits per heavy atom. The van der Waals surface area contributed by atoms with Crippen LogP contribution in [0, 0.1) is 0 Å². The second kappa shape index (κ2) is 7.48. The van der Waals surface area contributed by atoms with Gasteiger partial charge in [0.25, 0.3) is 0 Å². The molecule has 0 aliphatic carbocycles. The van der Waals surface area contributed by atoms with E-state index in [0.29, 0.717) is 22.9 Å². The fourth-order valence-electron chi connectivity index (χ4n) is 3.05. The third-order valence-corrected chi connectivity index (χ3v) is 5.47. The molecule has 0 fully saturated rings. The SMILES string of the molecule is OCC(O)(c1cccc(OCc2ccc3ccccc3c2)c1)c1nccs1. The molecule has 0 saturated heterocycles. The fourth-order valence-corrected chi connectivity index (χ4v) is 3.80. The first-order chi connectivity index (χ1) is 13.2. The van der Waals surface area contributed by atoms with Gasteiger partial charge in [-0.1, -0.05) is 48.5 Å². The van der Waals surface area contributed by atoms with Gasteiger partial charge < -0.3 is 14.9 Å². The Morgan fingerprint density at radius 2 is 1.81 bits per heavy atom. The molecule has 1 heterocycles. The molecule has 1 aromatic heterocycles. The monoisotopic (exact) mass is 377 g/mol. The maximum absolute atomic E-state index is 10.9. The van der Waals surface area contributed by atoms with Crippen molar-refractivity contribution in [2.75, 3.05) is 6.61 Å². The van der Waals surface area contributed by atoms with E-state index in [2.05, 4.69) is 29.2 Å². The molecule has 0 aliphatic heterocycles. The Labute approximate surface area is 161 Å². The van der Waals surface area contributed by atoms with Gasteiger partial charge >= 0.3 is 0 Å². The Hall–Kier alpha value is -2.73. The van der Waals surface area contributed by atoms with Gasteiger partial charge in [-0.25, -0.2) is 4.98 Å². The maximum atomic E-state index is 10.9. The number of aromatic nitrogens is 1. The van der Waals surface area contributed by atoms with Gasteiger partial charge in [0.1, 0.15) is 17.4 Å². The lowest BCUT2D eigenvalue weighted by Crippen LogP contribution is -2.31. The summed E-state index contributed by atoms with van der Waals surface area (Å²) in [5, 5.41) is 25.3. The number of ether oxygens (including phenoxy) is 1. The van der Waals surface area contributed by atoms with Crippen LogP contribution < -0.4 is 4.74 Å². The second-order valence-electron chi connectivity index (χ2n) is 6.35. The van der Waals surface area contributed by atoms with E-state index in [-0.39, 0.29) is 0 Å². The molecule has 0 bridgehead atoms. The van der Waals surface area contributed by atoms with E-state index in [1.54, 1.807) is 29.8 Å². The molecular weight excluding hydrogens is 358 g/mol. The van der Waals surface area contributed by atoms with Crippen LogP contribution in [0.3, 0.4) is 0 Å². The topological polar surface area (TPSA) is 62.6 Å². The first-order valence-electron chi connectivity index (χ1n) is 8.63. The highest BCUT2D eigenvalue weighted by Crippen LogP contribution is 2.32. The molecule has 136 valence electrons. The van der Waals surface area contributed by atoms with Crippen LogP contribution in [0.2, 0.25) is 0 Å². The highest BCUT2D eigenvalue weighted by atomic mass is 32.1. The van der Waals surface area contributed by atoms with Gasteiger partial charge in [0.2, 0.25) is 0 Å². The Balaban J connectivity index is 1.55. The number of aliphatic hydroxyl groups excluding tert-OH is 1. The molecule has 0 spiro atoms. The smallest absolute Gasteiger partial charge is 0.164 e. The number of rotatable bonds is 6. The van der Waals surface area contributed by atoms with E-state index < -0.39 is 12.2 Å². The maximum Gasteiger partial charge on any atom is 0.164 e. The van der Waals surface area contributed by atoms with E-state index in [4.69, 9.17) is 4.74 Å². The summed E-state index contributed by atoms with van der Waals surface area (Å²) in [6, 6.07) is 21.6. The van der Waals surface area contributed by atoms with E-state index in [1.165, 1.54) is 22.1 Å². The lowest BCUT2D eigenvalue weighted by atomic mass is 9.95. The summed E-state index contributed by atoms with van der Waals surface area (Å²) in [4.78, 5) is 4.16. The van der Waals surface area contributed by atoms with Crippen molar-refractivity contribution in [2.45, 2.75) is 12.2 Å². The van der Waals surface area contributed by atoms with Gasteiger partial charge in [-0.3, -0.25) is 0 Å². The third-order valence-electron chi connectivity index (χ3n) is 4.55. The van der Waals surface area contributed by atoms with E-state index in [0.717, 1.165) is 5.56 Å². The molecule has 4 aromatic rings. The van der Waals surface area contributed by atoms with Crippen LogP contribution in [0.15, 0.2) is 78.3 Å². The summed E-state index contributed by atoms with van der Waals surface area (Å²) in [6.07, 6.45) is 1.61. The number of hydrogen-bond donors (Lipinski definition) is 2. The van der Waals surface area contributed by atoms with Crippen LogP contribution in [0.25, 0.3) is 10.8 Å². The summed E-state index contributed by atoms with van der Waals surface area (Å²) in [5.41, 5.74) is 0.0867. The van der Waals surface area contributed by atoms with E-state index in [9.17, 15) is 10.2 Å². The molecule has 3 aromatic carbocycles. The normalized spacial score (nSPS) is 13.4. The van der Waals surface area contributed by atoms with E-state index in [1.807, 2.05) is 24.3 Å². The zero-order valence-electron chi connectivity index (χ0n) is 14.6. The van der Waals surface area contributed by atoms with Crippen molar-refractivity contribution in [3.63, 3.8) is 0 Å². The van der Waals surface area contributed by atoms with Crippen molar-refractivity contribution >= 4 is 22.1 Å². The quantitative estimate of drug-likeness (QED) is 0.531. The first kappa shape index (κ1) is 17.7. The molecule has 2 N–H and O–H groups in total. The van der Waals surface area contributed by atoms with Gasteiger partial charge in [0, 0.05) is 11.6 Å². The van der Waals surface area contributed by atoms with E-state index >= 15 is 0 Å². The summed E-state index contributed by atoms with van der Waals surface area (Å²) in [7, 11) is 0. The minimum atomic E-state index is -1.53. The number of benzene rings is 3. The van der Waals surface area contributed by atoms with Crippen LogP contribution in [0.5, 0.6) is 5.75 Å². The molecule has 27 heavy (non-hydrogen) atoms. The van der Waals surface area contributed by atoms with Crippen molar-refractivity contribution in [3.8, 4) is 5.75 Å². The van der Waals surface area contributed by atoms with Gasteiger partial charge in [-0.15, -0.1) is 11.3 Å². The highest BCUT2D eigenvalue weighted by Gasteiger charge is 2.33. The molecule has 4 nitrogen and oxygen atoms in total. The largest absolute Gasteiger partial charge is 0.489 e. The van der Waals surface area contributed by atoms with Crippen LogP contribution in [-0.4, -0.2) is 21.8 Å². The minimum absolute atomic E-state index is 0.420. The van der Waals surface area contributed by atoms with Crippen molar-refractivity contribution in [1.82, 2.24) is 4.98 Å². The Bertz CT molecular complexity index is 1050. The molecule has 5 heteroatoms. The molecular formula is C22H19NO3S. The predicted molar refractivity (Wildman–Crippen MR) is 107 cm³/mol. The molecule has 0 saturated carbocycles. The van der Waals surface area contributed by atoms with Crippen molar-refractivity contribution in [3.05, 3.63) is 94.4 Å². The van der Waals surface area contributed by atoms with Crippen LogP contribution >= 0.6 is 11.3 Å². The lowest BCUT2D eigenvalue weighted by Gasteiger charge is -2.24. The molecule has 0 amide bonds. The van der Waals surface area contributed by atoms with Gasteiger partial charge in [-0.2, -0.15) is 0 Å². The van der Waals surface area contributed by atoms with Crippen LogP contribution in [0.1, 0.15) is 16.1 Å². The third kappa shape index (κ3) is 3.57. The molecule has 0 radical (unpaired) electrons. The van der Waals surface area contributed by atoms with Crippen LogP contribution in [0.4, 0.5) is 0 Å². The van der Waals surface area contributed by atoms with Gasteiger partial charge in [-0.05, 0) is 40.1 Å². The summed E-state index contributed by atoms with van der Waals surface area (Å²) in [6.45, 7) is -0.0300.